The molecule has 1 N–H and O–H groups in total. The van der Waals surface area contributed by atoms with Crippen LogP contribution < -0.4 is 5.32 Å². The molecule has 3 atom stereocenters. The zero-order valence-electron chi connectivity index (χ0n) is 9.34. The van der Waals surface area contributed by atoms with Crippen LogP contribution in [0.15, 0.2) is 0 Å². The molecule has 0 saturated carbocycles. The lowest BCUT2D eigenvalue weighted by Crippen LogP contribution is -2.43. The summed E-state index contributed by atoms with van der Waals surface area (Å²) >= 11 is 0. The van der Waals surface area contributed by atoms with Gasteiger partial charge in [-0.2, -0.15) is 0 Å². The van der Waals surface area contributed by atoms with Gasteiger partial charge in [-0.3, -0.25) is 0 Å². The fourth-order valence-corrected chi connectivity index (χ4v) is 1.82. The molecule has 1 fully saturated rings. The number of hydrogen-bond donors (Lipinski definition) is 1. The van der Waals surface area contributed by atoms with Gasteiger partial charge in [0.15, 0.2) is 0 Å². The Balaban J connectivity index is 2.21. The summed E-state index contributed by atoms with van der Waals surface area (Å²) in [5.41, 5.74) is 0. The third kappa shape index (κ3) is 3.65. The minimum atomic E-state index is 0.370. The molecule has 1 aliphatic rings. The second kappa shape index (κ2) is 4.97. The highest BCUT2D eigenvalue weighted by molar-refractivity contribution is 4.79. The normalized spacial score (nSPS) is 35.3. The van der Waals surface area contributed by atoms with Gasteiger partial charge in [0.1, 0.15) is 0 Å². The van der Waals surface area contributed by atoms with E-state index in [-0.39, 0.29) is 0 Å². The predicted octanol–water partition coefficient (Wildman–Crippen LogP) is 2.05. The molecule has 0 radical (unpaired) electrons. The minimum Gasteiger partial charge on any atom is -0.378 e. The summed E-state index contributed by atoms with van der Waals surface area (Å²) < 4.78 is 5.62. The summed E-state index contributed by atoms with van der Waals surface area (Å²) in [5, 5.41) is 3.53. The van der Waals surface area contributed by atoms with Crippen LogP contribution in [0.3, 0.4) is 0 Å². The molecule has 1 saturated heterocycles. The van der Waals surface area contributed by atoms with Crippen LogP contribution in [-0.2, 0) is 4.74 Å². The highest BCUT2D eigenvalue weighted by Crippen LogP contribution is 2.20. The lowest BCUT2D eigenvalue weighted by Gasteiger charge is -2.33. The standard InChI is InChI=1S/C11H23NO/c1-8(2)13-7-11-5-9(3)10(4)12-6-11/h8-12H,5-7H2,1-4H3. The topological polar surface area (TPSA) is 21.3 Å². The summed E-state index contributed by atoms with van der Waals surface area (Å²) in [6.07, 6.45) is 1.68. The van der Waals surface area contributed by atoms with Crippen molar-refractivity contribution in [2.45, 2.75) is 46.3 Å². The number of piperidine rings is 1. The van der Waals surface area contributed by atoms with E-state index in [1.54, 1.807) is 0 Å². The van der Waals surface area contributed by atoms with Crippen molar-refractivity contribution in [1.82, 2.24) is 5.32 Å². The van der Waals surface area contributed by atoms with Crippen LogP contribution in [0.1, 0.15) is 34.1 Å². The smallest absolute Gasteiger partial charge is 0.0519 e. The van der Waals surface area contributed by atoms with Gasteiger partial charge in [0.05, 0.1) is 12.7 Å². The van der Waals surface area contributed by atoms with Crippen LogP contribution in [0, 0.1) is 11.8 Å². The van der Waals surface area contributed by atoms with Crippen LogP contribution in [0.5, 0.6) is 0 Å². The van der Waals surface area contributed by atoms with Gasteiger partial charge < -0.3 is 10.1 Å². The first-order chi connectivity index (χ1) is 6.09. The number of ether oxygens (including phenoxy) is 1. The van der Waals surface area contributed by atoms with Gasteiger partial charge in [-0.05, 0) is 39.0 Å². The molecule has 1 heterocycles. The fraction of sp³-hybridized carbons (Fsp3) is 1.00. The fourth-order valence-electron chi connectivity index (χ4n) is 1.82. The van der Waals surface area contributed by atoms with Gasteiger partial charge in [0, 0.05) is 12.6 Å². The lowest BCUT2D eigenvalue weighted by molar-refractivity contribution is 0.0351. The van der Waals surface area contributed by atoms with Crippen molar-refractivity contribution in [1.29, 1.82) is 0 Å². The van der Waals surface area contributed by atoms with Crippen LogP contribution in [-0.4, -0.2) is 25.3 Å². The van der Waals surface area contributed by atoms with Crippen molar-refractivity contribution < 1.29 is 4.74 Å². The van der Waals surface area contributed by atoms with Gasteiger partial charge in [0.25, 0.3) is 0 Å². The average Bonchev–Trinajstić information content (AvgIpc) is 2.07. The molecule has 0 aromatic carbocycles. The molecule has 13 heavy (non-hydrogen) atoms. The van der Waals surface area contributed by atoms with E-state index in [2.05, 4.69) is 33.0 Å². The summed E-state index contributed by atoms with van der Waals surface area (Å²) in [6, 6.07) is 0.676. The molecule has 0 aromatic rings. The molecule has 3 unspecified atom stereocenters. The van der Waals surface area contributed by atoms with E-state index in [0.717, 1.165) is 19.1 Å². The van der Waals surface area contributed by atoms with Crippen LogP contribution in [0.4, 0.5) is 0 Å². The Hall–Kier alpha value is -0.0800. The van der Waals surface area contributed by atoms with Crippen LogP contribution in [0.2, 0.25) is 0 Å². The first kappa shape index (κ1) is 11.0. The summed E-state index contributed by atoms with van der Waals surface area (Å²) in [5.74, 6) is 1.50. The van der Waals surface area contributed by atoms with Gasteiger partial charge >= 0.3 is 0 Å². The highest BCUT2D eigenvalue weighted by Gasteiger charge is 2.23. The van der Waals surface area contributed by atoms with E-state index in [4.69, 9.17) is 4.74 Å². The second-order valence-electron chi connectivity index (χ2n) is 4.66. The number of rotatable bonds is 3. The third-order valence-electron chi connectivity index (χ3n) is 2.95. The summed E-state index contributed by atoms with van der Waals surface area (Å²) in [7, 11) is 0. The zero-order chi connectivity index (χ0) is 9.84. The monoisotopic (exact) mass is 185 g/mol. The number of hydrogen-bond acceptors (Lipinski definition) is 2. The minimum absolute atomic E-state index is 0.370. The highest BCUT2D eigenvalue weighted by atomic mass is 16.5. The van der Waals surface area contributed by atoms with E-state index in [1.807, 2.05) is 0 Å². The SMILES string of the molecule is CC(C)OCC1CNC(C)C(C)C1. The molecule has 0 aliphatic carbocycles. The average molecular weight is 185 g/mol. The largest absolute Gasteiger partial charge is 0.378 e. The van der Waals surface area contributed by atoms with Gasteiger partial charge in [-0.25, -0.2) is 0 Å². The Morgan fingerprint density at radius 2 is 2.08 bits per heavy atom. The maximum atomic E-state index is 5.62. The van der Waals surface area contributed by atoms with Crippen LogP contribution in [0.25, 0.3) is 0 Å². The quantitative estimate of drug-likeness (QED) is 0.726. The molecular weight excluding hydrogens is 162 g/mol. The van der Waals surface area contributed by atoms with Crippen molar-refractivity contribution in [3.8, 4) is 0 Å². The zero-order valence-corrected chi connectivity index (χ0v) is 9.34. The molecule has 1 rings (SSSR count). The van der Waals surface area contributed by atoms with Gasteiger partial charge in [-0.1, -0.05) is 6.92 Å². The molecule has 0 amide bonds. The van der Waals surface area contributed by atoms with E-state index >= 15 is 0 Å². The molecule has 78 valence electrons. The predicted molar refractivity (Wildman–Crippen MR) is 55.8 cm³/mol. The van der Waals surface area contributed by atoms with E-state index in [0.29, 0.717) is 18.1 Å². The number of nitrogens with one attached hydrogen (secondary N) is 1. The van der Waals surface area contributed by atoms with Crippen molar-refractivity contribution in [3.63, 3.8) is 0 Å². The lowest BCUT2D eigenvalue weighted by atomic mass is 9.87. The molecular formula is C11H23NO. The molecule has 0 bridgehead atoms. The van der Waals surface area contributed by atoms with E-state index in [1.165, 1.54) is 6.42 Å². The molecule has 0 aromatic heterocycles. The Morgan fingerprint density at radius 3 is 2.62 bits per heavy atom. The van der Waals surface area contributed by atoms with E-state index in [9.17, 15) is 0 Å². The summed E-state index contributed by atoms with van der Waals surface area (Å²) in [4.78, 5) is 0. The van der Waals surface area contributed by atoms with Crippen molar-refractivity contribution >= 4 is 0 Å². The Labute approximate surface area is 82.0 Å². The van der Waals surface area contributed by atoms with Crippen molar-refractivity contribution in [3.05, 3.63) is 0 Å². The molecule has 1 aliphatic heterocycles. The van der Waals surface area contributed by atoms with Gasteiger partial charge in [-0.15, -0.1) is 0 Å². The molecule has 2 nitrogen and oxygen atoms in total. The Kier molecular flexibility index (Phi) is 4.20. The van der Waals surface area contributed by atoms with Crippen LogP contribution >= 0.6 is 0 Å². The molecule has 0 spiro atoms. The van der Waals surface area contributed by atoms with Crippen molar-refractivity contribution in [2.75, 3.05) is 13.2 Å². The van der Waals surface area contributed by atoms with Crippen molar-refractivity contribution in [2.24, 2.45) is 11.8 Å². The molecule has 2 heteroatoms. The first-order valence-electron chi connectivity index (χ1n) is 5.44. The Bertz CT molecular complexity index is 147. The maximum absolute atomic E-state index is 5.62. The Morgan fingerprint density at radius 1 is 1.38 bits per heavy atom. The van der Waals surface area contributed by atoms with Gasteiger partial charge in [0.2, 0.25) is 0 Å². The third-order valence-corrected chi connectivity index (χ3v) is 2.95. The van der Waals surface area contributed by atoms with E-state index < -0.39 is 0 Å². The second-order valence-corrected chi connectivity index (χ2v) is 4.66. The maximum Gasteiger partial charge on any atom is 0.0519 e. The first-order valence-corrected chi connectivity index (χ1v) is 5.44. The summed E-state index contributed by atoms with van der Waals surface area (Å²) in [6.45, 7) is 10.8.